The van der Waals surface area contributed by atoms with Crippen LogP contribution in [-0.2, 0) is 5.41 Å². The fraction of sp³-hybridized carbons (Fsp3) is 0.600. The van der Waals surface area contributed by atoms with Crippen LogP contribution >= 0.6 is 12.4 Å². The minimum Gasteiger partial charge on any atom is -0.316 e. The molecule has 0 unspecified atom stereocenters. The molecule has 2 fully saturated rings. The molecule has 1 aromatic carbocycles. The summed E-state index contributed by atoms with van der Waals surface area (Å²) < 4.78 is 0. The molecule has 0 radical (unpaired) electrons. The molecule has 1 heterocycles. The second-order valence-electron chi connectivity index (χ2n) is 6.39. The summed E-state index contributed by atoms with van der Waals surface area (Å²) in [6.45, 7) is 9.34. The van der Waals surface area contributed by atoms with Gasteiger partial charge in [-0.2, -0.15) is 0 Å². The number of piperidine rings is 1. The summed E-state index contributed by atoms with van der Waals surface area (Å²) in [6, 6.07) is 9.25. The Labute approximate surface area is 110 Å². The summed E-state index contributed by atoms with van der Waals surface area (Å²) in [6.07, 6.45) is 0. The largest absolute Gasteiger partial charge is 0.316 e. The van der Waals surface area contributed by atoms with Crippen molar-refractivity contribution in [3.05, 3.63) is 35.4 Å². The van der Waals surface area contributed by atoms with E-state index in [4.69, 9.17) is 0 Å². The summed E-state index contributed by atoms with van der Waals surface area (Å²) in [7, 11) is 0. The Kier molecular flexibility index (Phi) is 3.26. The second-order valence-corrected chi connectivity index (χ2v) is 6.39. The lowest BCUT2D eigenvalue weighted by atomic mass is 9.85. The monoisotopic (exact) mass is 251 g/mol. The first kappa shape index (κ1) is 12.9. The van der Waals surface area contributed by atoms with Crippen LogP contribution in [0.4, 0.5) is 0 Å². The molecule has 3 atom stereocenters. The van der Waals surface area contributed by atoms with Gasteiger partial charge in [0, 0.05) is 0 Å². The molecule has 17 heavy (non-hydrogen) atoms. The number of benzene rings is 1. The minimum atomic E-state index is 0. The van der Waals surface area contributed by atoms with Crippen LogP contribution in [0.3, 0.4) is 0 Å². The lowest BCUT2D eigenvalue weighted by Crippen LogP contribution is -2.15. The molecule has 1 saturated heterocycles. The van der Waals surface area contributed by atoms with Gasteiger partial charge in [0.2, 0.25) is 0 Å². The molecule has 0 bridgehead atoms. The van der Waals surface area contributed by atoms with Crippen LogP contribution in [0.15, 0.2) is 24.3 Å². The molecule has 1 nitrogen and oxygen atoms in total. The SMILES string of the molecule is CC(C)(C)c1cccc([C@@H]2[C@@H]3CNC[C@@H]32)c1.Cl. The Hall–Kier alpha value is -0.530. The van der Waals surface area contributed by atoms with Gasteiger partial charge < -0.3 is 5.32 Å². The summed E-state index contributed by atoms with van der Waals surface area (Å²) >= 11 is 0. The summed E-state index contributed by atoms with van der Waals surface area (Å²) in [4.78, 5) is 0. The maximum absolute atomic E-state index is 3.47. The molecule has 0 aromatic heterocycles. The highest BCUT2D eigenvalue weighted by Gasteiger charge is 2.53. The van der Waals surface area contributed by atoms with E-state index in [0.29, 0.717) is 0 Å². The molecule has 1 N–H and O–H groups in total. The highest BCUT2D eigenvalue weighted by atomic mass is 35.5. The summed E-state index contributed by atoms with van der Waals surface area (Å²) in [5.74, 6) is 2.70. The van der Waals surface area contributed by atoms with Crippen molar-refractivity contribution >= 4 is 12.4 Å². The number of nitrogens with one attached hydrogen (secondary N) is 1. The zero-order valence-corrected chi connectivity index (χ0v) is 11.7. The normalized spacial score (nSPS) is 30.6. The molecule has 3 rings (SSSR count). The molecule has 1 aromatic rings. The Balaban J connectivity index is 0.00000108. The van der Waals surface area contributed by atoms with E-state index in [0.717, 1.165) is 17.8 Å². The van der Waals surface area contributed by atoms with Crippen LogP contribution in [-0.4, -0.2) is 13.1 Å². The fourth-order valence-corrected chi connectivity index (χ4v) is 3.13. The lowest BCUT2D eigenvalue weighted by molar-refractivity contribution is 0.588. The smallest absolute Gasteiger partial charge is 0.00111 e. The molecule has 1 aliphatic carbocycles. The van der Waals surface area contributed by atoms with Crippen molar-refractivity contribution in [2.75, 3.05) is 13.1 Å². The second kappa shape index (κ2) is 4.29. The first-order chi connectivity index (χ1) is 7.57. The van der Waals surface area contributed by atoms with E-state index in [9.17, 15) is 0 Å². The summed E-state index contributed by atoms with van der Waals surface area (Å²) in [5.41, 5.74) is 3.32. The third-order valence-electron chi connectivity index (χ3n) is 4.23. The molecule has 2 aliphatic rings. The van der Waals surface area contributed by atoms with Crippen molar-refractivity contribution < 1.29 is 0 Å². The van der Waals surface area contributed by atoms with Crippen molar-refractivity contribution in [3.63, 3.8) is 0 Å². The van der Waals surface area contributed by atoms with Gasteiger partial charge in [-0.1, -0.05) is 45.0 Å². The Morgan fingerprint density at radius 2 is 1.76 bits per heavy atom. The predicted octanol–water partition coefficient (Wildman–Crippen LogP) is 3.34. The number of fused-ring (bicyclic) bond motifs is 1. The maximum Gasteiger partial charge on any atom is -0.00111 e. The van der Waals surface area contributed by atoms with E-state index in [1.165, 1.54) is 18.7 Å². The van der Waals surface area contributed by atoms with Crippen molar-refractivity contribution in [1.82, 2.24) is 5.32 Å². The fourth-order valence-electron chi connectivity index (χ4n) is 3.13. The van der Waals surface area contributed by atoms with E-state index in [1.54, 1.807) is 5.56 Å². The molecule has 94 valence electrons. The van der Waals surface area contributed by atoms with Crippen molar-refractivity contribution in [3.8, 4) is 0 Å². The number of halogens is 1. The van der Waals surface area contributed by atoms with Gasteiger partial charge >= 0.3 is 0 Å². The maximum atomic E-state index is 3.47. The molecule has 1 aliphatic heterocycles. The van der Waals surface area contributed by atoms with Gasteiger partial charge in [0.1, 0.15) is 0 Å². The molecule has 0 spiro atoms. The molecular formula is C15H22ClN. The van der Waals surface area contributed by atoms with Gasteiger partial charge in [-0.05, 0) is 47.4 Å². The standard InChI is InChI=1S/C15H21N.ClH/c1-15(2,3)11-6-4-5-10(7-11)14-12-8-16-9-13(12)14;/h4-7,12-14,16H,8-9H2,1-3H3;1H/t12-,13+,14-;. The van der Waals surface area contributed by atoms with Crippen molar-refractivity contribution in [2.45, 2.75) is 32.1 Å². The topological polar surface area (TPSA) is 12.0 Å². The molecular weight excluding hydrogens is 230 g/mol. The quantitative estimate of drug-likeness (QED) is 0.807. The van der Waals surface area contributed by atoms with Gasteiger partial charge in [0.25, 0.3) is 0 Å². The van der Waals surface area contributed by atoms with Gasteiger partial charge in [-0.3, -0.25) is 0 Å². The van der Waals surface area contributed by atoms with Crippen LogP contribution in [0, 0.1) is 11.8 Å². The van der Waals surface area contributed by atoms with E-state index in [-0.39, 0.29) is 17.8 Å². The third-order valence-corrected chi connectivity index (χ3v) is 4.23. The van der Waals surface area contributed by atoms with E-state index in [1.807, 2.05) is 0 Å². The van der Waals surface area contributed by atoms with Crippen LogP contribution in [0.5, 0.6) is 0 Å². The first-order valence-corrected chi connectivity index (χ1v) is 6.38. The Morgan fingerprint density at radius 3 is 2.35 bits per heavy atom. The molecule has 0 amide bonds. The highest BCUT2D eigenvalue weighted by Crippen LogP contribution is 2.55. The molecule has 1 saturated carbocycles. The van der Waals surface area contributed by atoms with E-state index in [2.05, 4.69) is 50.4 Å². The van der Waals surface area contributed by atoms with E-state index < -0.39 is 0 Å². The number of hydrogen-bond acceptors (Lipinski definition) is 1. The van der Waals surface area contributed by atoms with Gasteiger partial charge in [-0.25, -0.2) is 0 Å². The first-order valence-electron chi connectivity index (χ1n) is 6.38. The van der Waals surface area contributed by atoms with Gasteiger partial charge in [-0.15, -0.1) is 12.4 Å². The zero-order valence-electron chi connectivity index (χ0n) is 10.9. The van der Waals surface area contributed by atoms with Gasteiger partial charge in [0.15, 0.2) is 0 Å². The third kappa shape index (κ3) is 2.23. The Morgan fingerprint density at radius 1 is 1.12 bits per heavy atom. The average molecular weight is 252 g/mol. The van der Waals surface area contributed by atoms with Crippen LogP contribution in [0.25, 0.3) is 0 Å². The minimum absolute atomic E-state index is 0. The van der Waals surface area contributed by atoms with Gasteiger partial charge in [0.05, 0.1) is 0 Å². The molecule has 2 heteroatoms. The van der Waals surface area contributed by atoms with Crippen LogP contribution in [0.2, 0.25) is 0 Å². The van der Waals surface area contributed by atoms with Crippen LogP contribution < -0.4 is 5.32 Å². The van der Waals surface area contributed by atoms with Crippen LogP contribution in [0.1, 0.15) is 37.8 Å². The van der Waals surface area contributed by atoms with Crippen molar-refractivity contribution in [2.24, 2.45) is 11.8 Å². The van der Waals surface area contributed by atoms with E-state index >= 15 is 0 Å². The number of hydrogen-bond donors (Lipinski definition) is 1. The number of rotatable bonds is 1. The highest BCUT2D eigenvalue weighted by molar-refractivity contribution is 5.85. The summed E-state index contributed by atoms with van der Waals surface area (Å²) in [5, 5.41) is 3.47. The predicted molar refractivity (Wildman–Crippen MR) is 75.0 cm³/mol. The lowest BCUT2D eigenvalue weighted by Gasteiger charge is -2.20. The van der Waals surface area contributed by atoms with Crippen molar-refractivity contribution in [1.29, 1.82) is 0 Å². The zero-order chi connectivity index (χ0) is 11.3. The average Bonchev–Trinajstić information content (AvgIpc) is 2.72. The Bertz CT molecular complexity index is 398.